The Kier molecular flexibility index (Phi) is 59.1. The van der Waals surface area contributed by atoms with Gasteiger partial charge in [0.2, 0.25) is 6.79 Å². The minimum atomic E-state index is -3.34. The molecule has 1 fully saturated rings. The molecule has 764 valence electrons. The molecule has 0 saturated heterocycles. The molecule has 0 spiro atoms. The Morgan fingerprint density at radius 3 is 0.919 bits per heavy atom. The Balaban J connectivity index is 0.00000159. The van der Waals surface area contributed by atoms with Crippen molar-refractivity contribution in [2.24, 2.45) is 5.92 Å². The Morgan fingerprint density at radius 2 is 0.622 bits per heavy atom. The maximum absolute atomic E-state index is 13.2. The van der Waals surface area contributed by atoms with Crippen LogP contribution in [0.2, 0.25) is 5.02 Å². The monoisotopic (exact) mass is 2030 g/mol. The van der Waals surface area contributed by atoms with E-state index in [0.717, 1.165) is 32.1 Å². The average molecular weight is 2030 g/mol. The molecule has 1 aliphatic heterocycles. The van der Waals surface area contributed by atoms with Crippen molar-refractivity contribution in [2.75, 3.05) is 26.6 Å². The van der Waals surface area contributed by atoms with Gasteiger partial charge in [-0.05, 0) is 193 Å². The van der Waals surface area contributed by atoms with Crippen molar-refractivity contribution in [3.63, 3.8) is 0 Å². The van der Waals surface area contributed by atoms with Gasteiger partial charge in [0.15, 0.2) is 11.5 Å². The molecule has 135 heavy (non-hydrogen) atoms. The van der Waals surface area contributed by atoms with E-state index in [-0.39, 0.29) is 99.8 Å². The number of carbonyl (C=O) groups is 6. The predicted octanol–water partition coefficient (Wildman–Crippen LogP) is 24.3. The molecule has 0 bridgehead atoms. The summed E-state index contributed by atoms with van der Waals surface area (Å²) >= 11 is 5.90. The fraction of sp³-hybridized carbons (Fsp3) is 0.562. The number of carbonyl (C=O) groups excluding carboxylic acids is 6. The molecule has 32 nitrogen and oxygen atoms in total. The molecule has 8 rings (SSSR count). The first-order valence-corrected chi connectivity index (χ1v) is 55.2. The molecule has 1 heterocycles. The topological polar surface area (TPSA) is 406 Å². The number of rotatable bonds is 44. The van der Waals surface area contributed by atoms with Gasteiger partial charge < -0.3 is 65.0 Å². The summed E-state index contributed by atoms with van der Waals surface area (Å²) in [5.74, 6) is 1.64. The summed E-state index contributed by atoms with van der Waals surface area (Å²) in [7, 11) is -19.5. The number of fused-ring (bicyclic) bond motifs is 1. The van der Waals surface area contributed by atoms with Crippen LogP contribution in [-0.2, 0) is 84.6 Å². The number of halogens is 1. The van der Waals surface area contributed by atoms with E-state index in [1.807, 2.05) is 71.0 Å². The fourth-order valence-corrected chi connectivity index (χ4v) is 20.9. The number of nitrogens with one attached hydrogen (secondary N) is 6. The van der Waals surface area contributed by atoms with Crippen LogP contribution in [0.1, 0.15) is 234 Å². The van der Waals surface area contributed by atoms with Gasteiger partial charge in [-0.1, -0.05) is 217 Å². The maximum atomic E-state index is 13.2. The summed E-state index contributed by atoms with van der Waals surface area (Å²) < 4.78 is 153. The van der Waals surface area contributed by atoms with Crippen LogP contribution in [0.25, 0.3) is 0 Å². The van der Waals surface area contributed by atoms with Crippen LogP contribution in [0.5, 0.6) is 46.0 Å². The first kappa shape index (κ1) is 127. The number of hydrogen-bond donors (Lipinski definition) is 6. The van der Waals surface area contributed by atoms with Crippen LogP contribution in [0.4, 0.5) is 0 Å². The fourth-order valence-electron chi connectivity index (χ4n) is 10.9. The van der Waals surface area contributed by atoms with Gasteiger partial charge in [0.05, 0.1) is 66.0 Å². The number of benzene rings is 6. The summed E-state index contributed by atoms with van der Waals surface area (Å²) in [5.41, 5.74) is -1.71. The van der Waals surface area contributed by atoms with Crippen LogP contribution in [0.3, 0.4) is 0 Å². The van der Waals surface area contributed by atoms with Crippen LogP contribution in [-0.4, -0.2) is 151 Å². The highest BCUT2D eigenvalue weighted by Gasteiger charge is 2.41. The van der Waals surface area contributed by atoms with Crippen molar-refractivity contribution in [3.05, 3.63) is 169 Å². The third kappa shape index (κ3) is 46.5. The minimum absolute atomic E-state index is 0. The van der Waals surface area contributed by atoms with Crippen molar-refractivity contribution >= 4 is 92.5 Å². The average Bonchev–Trinajstić information content (AvgIpc) is 1.82. The molecule has 6 unspecified atom stereocenters. The van der Waals surface area contributed by atoms with E-state index < -0.39 is 111 Å². The lowest BCUT2D eigenvalue weighted by Crippen LogP contribution is -2.37. The zero-order valence-electron chi connectivity index (χ0n) is 81.4. The van der Waals surface area contributed by atoms with Crippen LogP contribution >= 0.6 is 56.7 Å². The lowest BCUT2D eigenvalue weighted by molar-refractivity contribution is -0.151. The molecule has 1 saturated carbocycles. The lowest BCUT2D eigenvalue weighted by atomic mass is 10.2. The zero-order chi connectivity index (χ0) is 99.5. The lowest BCUT2D eigenvalue weighted by Gasteiger charge is -2.26. The van der Waals surface area contributed by atoms with Gasteiger partial charge in [-0.2, -0.15) is 0 Å². The number of esters is 6. The van der Waals surface area contributed by atoms with Crippen molar-refractivity contribution in [3.8, 4) is 46.0 Å². The Bertz CT molecular complexity index is 4770. The Hall–Kier alpha value is -8.03. The maximum Gasteiger partial charge on any atom is 0.323 e. The third-order valence-electron chi connectivity index (χ3n) is 18.6. The molecule has 6 aromatic carbocycles. The van der Waals surface area contributed by atoms with Crippen LogP contribution in [0, 0.1) is 5.92 Å². The van der Waals surface area contributed by atoms with Crippen molar-refractivity contribution in [1.29, 1.82) is 0 Å². The smallest absolute Gasteiger partial charge is 0.323 e. The Morgan fingerprint density at radius 1 is 0.341 bits per heavy atom. The van der Waals surface area contributed by atoms with Gasteiger partial charge in [-0.3, -0.25) is 56.2 Å². The van der Waals surface area contributed by atoms with E-state index in [9.17, 15) is 56.2 Å². The summed E-state index contributed by atoms with van der Waals surface area (Å²) in [6, 6.07) is 43.1. The van der Waals surface area contributed by atoms with Crippen LogP contribution < -0.4 is 67.1 Å². The normalized spacial score (nSPS) is 16.0. The van der Waals surface area contributed by atoms with Gasteiger partial charge in [0, 0.05) is 11.1 Å². The van der Waals surface area contributed by atoms with Crippen molar-refractivity contribution < 1.29 is 121 Å². The molecule has 6 aromatic rings. The highest BCUT2D eigenvalue weighted by Crippen LogP contribution is 2.54. The molecule has 0 radical (unpaired) electrons. The van der Waals surface area contributed by atoms with E-state index in [1.165, 1.54) is 0 Å². The van der Waals surface area contributed by atoms with E-state index in [4.69, 9.17) is 76.6 Å². The third-order valence-corrected chi connectivity index (χ3v) is 34.4. The first-order valence-electron chi connectivity index (χ1n) is 44.7. The molecule has 0 amide bonds. The molecule has 1 aliphatic carbocycles. The second kappa shape index (κ2) is 62.8. The van der Waals surface area contributed by atoms with Gasteiger partial charge in [0.25, 0.3) is 0 Å². The second-order valence-electron chi connectivity index (χ2n) is 33.8. The Labute approximate surface area is 809 Å². The summed E-state index contributed by atoms with van der Waals surface area (Å²) in [6.07, 6.45) is 4.31. The van der Waals surface area contributed by atoms with E-state index in [0.29, 0.717) is 64.2 Å². The van der Waals surface area contributed by atoms with E-state index in [2.05, 4.69) is 30.5 Å². The van der Waals surface area contributed by atoms with E-state index in [1.54, 1.807) is 273 Å². The number of para-hydroxylation sites is 4. The standard InChI is InChI=1S/C17H26NO4P.C16H24NO6P.C16H26NO4P.C15H23ClNO4P.C15H24NO4P.C14H22NO4P.3CH4/c1-13(2)23(20,22-16-11-5-4-6-12-16)18-14(3)17(19)21-15-9-7-8-10-15;1-10(2)22-16(18)12(5)17-24(19,11(3)4)23-13-6-7-14-15(8-13)21-9-20-14;1-12(2)11-20-16(18)14(5)17-22(19,13(3)4)21-15-9-7-6-8-10-15;1-10(2)20-15(18)12(5)17-22(19,11(3)4)21-14-8-6-7-13(16)9-14;1-5-11-19-15(17)13(4)16-21(18,12(2)3)20-14-9-7-6-8-10-14;1-5-18-14(16)12(4)15-20(17,11(2)3)19-13-9-7-6-8-10-13;;;/h4-6,11-15H,7-10H2,1-3H3,(H,18,20);6-8,10-12H,9H2,1-5H3,(H,17,19);6-10,12-14H,11H2,1-5H3,(H,17,19);6-12H,1-5H3,(H,17,19);6-10,12-13H,5,11H2,1-4H3,(H,16,18);6-12H,5H2,1-4H3,(H,15,17);3*1H4/t14-,23?;12-,24?;14-,22?;12-,22?;13-,21?;12-,20?;;;/m000000.../s1. The van der Waals surface area contributed by atoms with Gasteiger partial charge in [0.1, 0.15) is 76.9 Å². The molecule has 0 aromatic heterocycles. The molecule has 6 N–H and O–H groups in total. The molecule has 12 atom stereocenters. The summed E-state index contributed by atoms with van der Waals surface area (Å²) in [4.78, 5) is 71.4. The van der Waals surface area contributed by atoms with E-state index >= 15 is 0 Å². The number of hydrogen-bond acceptors (Lipinski definition) is 26. The summed E-state index contributed by atoms with van der Waals surface area (Å²) in [6.45, 7) is 46.9. The summed E-state index contributed by atoms with van der Waals surface area (Å²) in [5, 5.41) is 17.4. The number of ether oxygens (including phenoxy) is 8. The molecular formula is C96H157ClN6O26P6. The zero-order valence-corrected chi connectivity index (χ0v) is 87.5. The SMILES string of the molecule is C.C.C.CC(C)COC(=O)[C@H](C)NP(=O)(Oc1ccccc1)C(C)C.CC(C)OC(=O)[C@H](C)NP(=O)(Oc1ccc2c(c1)OCO2)C(C)C.CC(C)OC(=O)[C@H](C)NP(=O)(Oc1cccc(Cl)c1)C(C)C.CC(C)P(=O)(N[C@@H](C)C(=O)OC1CCCC1)Oc1ccccc1.CCCOC(=O)[C@H](C)NP(=O)(Oc1ccccc1)C(C)C.CCOC(=O)[C@H](C)NP(=O)(Oc1ccccc1)C(C)C. The second-order valence-corrected chi connectivity index (χ2v) is 50.2. The van der Waals surface area contributed by atoms with Gasteiger partial charge in [-0.15, -0.1) is 0 Å². The quantitative estimate of drug-likeness (QED) is 0.0117. The first-order chi connectivity index (χ1) is 61.8. The molecule has 2 aliphatic rings. The molecule has 39 heteroatoms. The van der Waals surface area contributed by atoms with Gasteiger partial charge in [-0.25, -0.2) is 30.5 Å². The minimum Gasteiger partial charge on any atom is -0.465 e. The van der Waals surface area contributed by atoms with Gasteiger partial charge >= 0.3 is 80.9 Å². The van der Waals surface area contributed by atoms with Crippen molar-refractivity contribution in [1.82, 2.24) is 30.5 Å². The molecular weight excluding hydrogens is 1870 g/mol. The van der Waals surface area contributed by atoms with Crippen molar-refractivity contribution in [2.45, 2.75) is 323 Å². The highest BCUT2D eigenvalue weighted by atomic mass is 35.5. The van der Waals surface area contributed by atoms with Crippen LogP contribution in [0.15, 0.2) is 164 Å². The largest absolute Gasteiger partial charge is 0.465 e. The highest BCUT2D eigenvalue weighted by molar-refractivity contribution is 7.59. The predicted molar refractivity (Wildman–Crippen MR) is 540 cm³/mol.